The van der Waals surface area contributed by atoms with Gasteiger partial charge in [0.15, 0.2) is 0 Å². The zero-order valence-corrected chi connectivity index (χ0v) is 9.18. The van der Waals surface area contributed by atoms with Gasteiger partial charge in [0, 0.05) is 18.0 Å². The van der Waals surface area contributed by atoms with Crippen LogP contribution in [0.1, 0.15) is 40.5 Å². The van der Waals surface area contributed by atoms with E-state index >= 15 is 0 Å². The highest BCUT2D eigenvalue weighted by molar-refractivity contribution is 5.81. The van der Waals surface area contributed by atoms with Crippen LogP contribution < -0.4 is 11.1 Å². The van der Waals surface area contributed by atoms with Gasteiger partial charge in [0.05, 0.1) is 0 Å². The summed E-state index contributed by atoms with van der Waals surface area (Å²) in [5.41, 5.74) is 5.45. The molecule has 78 valence electrons. The highest BCUT2D eigenvalue weighted by Gasteiger charge is 2.20. The third kappa shape index (κ3) is 5.64. The Morgan fingerprint density at radius 2 is 2.00 bits per heavy atom. The zero-order chi connectivity index (χ0) is 10.5. The topological polar surface area (TPSA) is 55.1 Å². The van der Waals surface area contributed by atoms with Crippen molar-refractivity contribution in [3.05, 3.63) is 0 Å². The normalized spacial score (nSPS) is 13.9. The fraction of sp³-hybridized carbons (Fsp3) is 0.900. The predicted molar refractivity (Wildman–Crippen MR) is 55.3 cm³/mol. The van der Waals surface area contributed by atoms with Crippen molar-refractivity contribution < 1.29 is 4.79 Å². The Morgan fingerprint density at radius 3 is 2.38 bits per heavy atom. The van der Waals surface area contributed by atoms with Gasteiger partial charge in [0.1, 0.15) is 0 Å². The van der Waals surface area contributed by atoms with Gasteiger partial charge in [-0.3, -0.25) is 4.79 Å². The van der Waals surface area contributed by atoms with Gasteiger partial charge in [-0.15, -0.1) is 0 Å². The van der Waals surface area contributed by atoms with Gasteiger partial charge in [-0.05, 0) is 6.42 Å². The third-order valence-corrected chi connectivity index (χ3v) is 1.87. The SMILES string of the molecule is CCCC(N)CNC(=O)C(C)(C)C. The molecular formula is C10H22N2O. The molecule has 0 fully saturated rings. The number of hydrogen-bond donors (Lipinski definition) is 2. The monoisotopic (exact) mass is 186 g/mol. The van der Waals surface area contributed by atoms with E-state index in [0.717, 1.165) is 12.8 Å². The largest absolute Gasteiger partial charge is 0.354 e. The zero-order valence-electron chi connectivity index (χ0n) is 9.18. The molecule has 1 amide bonds. The molecule has 0 aliphatic carbocycles. The van der Waals surface area contributed by atoms with Crippen molar-refractivity contribution in [3.8, 4) is 0 Å². The van der Waals surface area contributed by atoms with Gasteiger partial charge in [-0.2, -0.15) is 0 Å². The molecule has 0 heterocycles. The van der Waals surface area contributed by atoms with Crippen LogP contribution in [0, 0.1) is 5.41 Å². The summed E-state index contributed by atoms with van der Waals surface area (Å²) in [6, 6.07) is 0.0938. The van der Waals surface area contributed by atoms with E-state index in [9.17, 15) is 4.79 Å². The molecule has 0 aromatic heterocycles. The Balaban J connectivity index is 3.71. The highest BCUT2D eigenvalue weighted by atomic mass is 16.2. The predicted octanol–water partition coefficient (Wildman–Crippen LogP) is 1.28. The van der Waals surface area contributed by atoms with Crippen LogP contribution in [-0.4, -0.2) is 18.5 Å². The van der Waals surface area contributed by atoms with Gasteiger partial charge >= 0.3 is 0 Å². The lowest BCUT2D eigenvalue weighted by Crippen LogP contribution is -2.42. The number of hydrogen-bond acceptors (Lipinski definition) is 2. The molecule has 3 N–H and O–H groups in total. The second-order valence-electron chi connectivity index (χ2n) is 4.51. The van der Waals surface area contributed by atoms with Crippen molar-refractivity contribution in [3.63, 3.8) is 0 Å². The molecule has 0 rings (SSSR count). The molecule has 0 saturated heterocycles. The van der Waals surface area contributed by atoms with Gasteiger partial charge in [0.2, 0.25) is 5.91 Å². The number of nitrogens with one attached hydrogen (secondary N) is 1. The van der Waals surface area contributed by atoms with Gasteiger partial charge in [0.25, 0.3) is 0 Å². The van der Waals surface area contributed by atoms with Crippen LogP contribution in [-0.2, 0) is 4.79 Å². The van der Waals surface area contributed by atoms with Crippen LogP contribution in [0.25, 0.3) is 0 Å². The molecule has 3 heteroatoms. The lowest BCUT2D eigenvalue weighted by Gasteiger charge is -2.19. The molecule has 0 bridgehead atoms. The van der Waals surface area contributed by atoms with Gasteiger partial charge < -0.3 is 11.1 Å². The Kier molecular flexibility index (Phi) is 4.99. The summed E-state index contributed by atoms with van der Waals surface area (Å²) in [6.07, 6.45) is 2.02. The molecule has 0 aromatic carbocycles. The quantitative estimate of drug-likeness (QED) is 0.695. The van der Waals surface area contributed by atoms with Crippen molar-refractivity contribution in [1.82, 2.24) is 5.32 Å². The van der Waals surface area contributed by atoms with Crippen molar-refractivity contribution in [2.75, 3.05) is 6.54 Å². The smallest absolute Gasteiger partial charge is 0.225 e. The molecule has 3 nitrogen and oxygen atoms in total. The molecule has 0 aromatic rings. The summed E-state index contributed by atoms with van der Waals surface area (Å²) in [7, 11) is 0. The van der Waals surface area contributed by atoms with Gasteiger partial charge in [-0.1, -0.05) is 34.1 Å². The summed E-state index contributed by atoms with van der Waals surface area (Å²) in [5, 5.41) is 2.84. The molecule has 1 unspecified atom stereocenters. The van der Waals surface area contributed by atoms with E-state index in [0.29, 0.717) is 6.54 Å². The van der Waals surface area contributed by atoms with E-state index in [1.54, 1.807) is 0 Å². The van der Waals surface area contributed by atoms with Crippen LogP contribution in [0.3, 0.4) is 0 Å². The summed E-state index contributed by atoms with van der Waals surface area (Å²) >= 11 is 0. The average Bonchev–Trinajstić information content (AvgIpc) is 1.99. The van der Waals surface area contributed by atoms with Gasteiger partial charge in [-0.25, -0.2) is 0 Å². The van der Waals surface area contributed by atoms with Crippen molar-refractivity contribution in [2.24, 2.45) is 11.1 Å². The maximum absolute atomic E-state index is 11.4. The van der Waals surface area contributed by atoms with Crippen LogP contribution in [0.2, 0.25) is 0 Å². The second-order valence-corrected chi connectivity index (χ2v) is 4.51. The summed E-state index contributed by atoms with van der Waals surface area (Å²) < 4.78 is 0. The minimum atomic E-state index is -0.314. The van der Waals surface area contributed by atoms with E-state index in [1.807, 2.05) is 20.8 Å². The van der Waals surface area contributed by atoms with Crippen LogP contribution >= 0.6 is 0 Å². The number of nitrogens with two attached hydrogens (primary N) is 1. The molecule has 0 saturated carbocycles. The van der Waals surface area contributed by atoms with Crippen LogP contribution in [0.5, 0.6) is 0 Å². The number of carbonyl (C=O) groups excluding carboxylic acids is 1. The Labute approximate surface area is 81.1 Å². The van der Waals surface area contributed by atoms with E-state index < -0.39 is 0 Å². The van der Waals surface area contributed by atoms with E-state index in [1.165, 1.54) is 0 Å². The third-order valence-electron chi connectivity index (χ3n) is 1.87. The van der Waals surface area contributed by atoms with Crippen LogP contribution in [0.15, 0.2) is 0 Å². The molecule has 0 aliphatic heterocycles. The summed E-state index contributed by atoms with van der Waals surface area (Å²) in [4.78, 5) is 11.4. The molecule has 1 atom stereocenters. The summed E-state index contributed by atoms with van der Waals surface area (Å²) in [5.74, 6) is 0.0686. The van der Waals surface area contributed by atoms with E-state index in [-0.39, 0.29) is 17.4 Å². The maximum Gasteiger partial charge on any atom is 0.225 e. The molecular weight excluding hydrogens is 164 g/mol. The van der Waals surface area contributed by atoms with E-state index in [2.05, 4.69) is 12.2 Å². The molecule has 13 heavy (non-hydrogen) atoms. The number of carbonyl (C=O) groups is 1. The fourth-order valence-corrected chi connectivity index (χ4v) is 0.962. The Bertz CT molecular complexity index is 161. The lowest BCUT2D eigenvalue weighted by atomic mass is 9.95. The lowest BCUT2D eigenvalue weighted by molar-refractivity contribution is -0.128. The fourth-order valence-electron chi connectivity index (χ4n) is 0.962. The number of rotatable bonds is 4. The maximum atomic E-state index is 11.4. The summed E-state index contributed by atoms with van der Waals surface area (Å²) in [6.45, 7) is 8.37. The minimum Gasteiger partial charge on any atom is -0.354 e. The Morgan fingerprint density at radius 1 is 1.46 bits per heavy atom. The Hall–Kier alpha value is -0.570. The molecule has 0 aliphatic rings. The average molecular weight is 186 g/mol. The first-order chi connectivity index (χ1) is 5.88. The standard InChI is InChI=1S/C10H22N2O/c1-5-6-8(11)7-12-9(13)10(2,3)4/h8H,5-7,11H2,1-4H3,(H,12,13). The minimum absolute atomic E-state index is 0.0686. The first-order valence-corrected chi connectivity index (χ1v) is 4.91. The molecule has 0 radical (unpaired) electrons. The highest BCUT2D eigenvalue weighted by Crippen LogP contribution is 2.12. The molecule has 0 spiro atoms. The van der Waals surface area contributed by atoms with Crippen molar-refractivity contribution in [1.29, 1.82) is 0 Å². The van der Waals surface area contributed by atoms with Crippen molar-refractivity contribution in [2.45, 2.75) is 46.6 Å². The van der Waals surface area contributed by atoms with Crippen molar-refractivity contribution >= 4 is 5.91 Å². The number of amides is 1. The van der Waals surface area contributed by atoms with Crippen LogP contribution in [0.4, 0.5) is 0 Å². The first-order valence-electron chi connectivity index (χ1n) is 4.91. The second kappa shape index (κ2) is 5.22. The first kappa shape index (κ1) is 12.4. The van der Waals surface area contributed by atoms with E-state index in [4.69, 9.17) is 5.73 Å².